The van der Waals surface area contributed by atoms with Gasteiger partial charge in [-0.2, -0.15) is 0 Å². The molecule has 2 saturated carbocycles. The van der Waals surface area contributed by atoms with E-state index in [9.17, 15) is 17.6 Å². The van der Waals surface area contributed by atoms with Gasteiger partial charge in [0.25, 0.3) is 0 Å². The molecule has 0 N–H and O–H groups in total. The average Bonchev–Trinajstić information content (AvgIpc) is 2.82. The minimum absolute atomic E-state index is 0.0324. The molecule has 0 saturated heterocycles. The minimum atomic E-state index is -0.864. The third-order valence-corrected chi connectivity index (χ3v) is 8.67. The zero-order valence-electron chi connectivity index (χ0n) is 20.0. The molecule has 2 aromatic rings. The van der Waals surface area contributed by atoms with Crippen molar-refractivity contribution in [2.45, 2.75) is 89.9 Å². The van der Waals surface area contributed by atoms with Crippen molar-refractivity contribution in [3.05, 3.63) is 69.2 Å². The molecule has 186 valence electrons. The van der Waals surface area contributed by atoms with Crippen LogP contribution in [-0.2, 0) is 12.8 Å². The molecule has 0 aromatic heterocycles. The first-order valence-corrected chi connectivity index (χ1v) is 13.3. The molecule has 2 aromatic carbocycles. The lowest BCUT2D eigenvalue weighted by atomic mass is 9.74. The largest absolute Gasteiger partial charge is 0.207 e. The maximum atomic E-state index is 14.8. The van der Waals surface area contributed by atoms with E-state index in [0.29, 0.717) is 5.56 Å². The third kappa shape index (κ3) is 6.36. The predicted molar refractivity (Wildman–Crippen MR) is 130 cm³/mol. The number of hydrogen-bond acceptors (Lipinski definition) is 0. The van der Waals surface area contributed by atoms with Crippen LogP contribution in [0.2, 0.25) is 5.02 Å². The highest BCUT2D eigenvalue weighted by Crippen LogP contribution is 2.40. The van der Waals surface area contributed by atoms with Crippen LogP contribution in [0.3, 0.4) is 0 Å². The first-order chi connectivity index (χ1) is 16.3. The van der Waals surface area contributed by atoms with Crippen molar-refractivity contribution in [1.29, 1.82) is 0 Å². The Kier molecular flexibility index (Phi) is 8.61. The van der Waals surface area contributed by atoms with Crippen LogP contribution < -0.4 is 0 Å². The van der Waals surface area contributed by atoms with Gasteiger partial charge >= 0.3 is 0 Å². The molecule has 0 atom stereocenters. The number of aryl methyl sites for hydroxylation is 1. The Balaban J connectivity index is 1.30. The highest BCUT2D eigenvalue weighted by molar-refractivity contribution is 6.30. The van der Waals surface area contributed by atoms with Gasteiger partial charge in [-0.3, -0.25) is 0 Å². The summed E-state index contributed by atoms with van der Waals surface area (Å²) in [4.78, 5) is 0. The first kappa shape index (κ1) is 25.5. The van der Waals surface area contributed by atoms with Crippen molar-refractivity contribution >= 4 is 11.6 Å². The summed E-state index contributed by atoms with van der Waals surface area (Å²) in [5.41, 5.74) is 1.03. The van der Waals surface area contributed by atoms with Gasteiger partial charge in [0.1, 0.15) is 28.3 Å². The smallest absolute Gasteiger partial charge is 0.145 e. The van der Waals surface area contributed by atoms with Crippen molar-refractivity contribution in [1.82, 2.24) is 0 Å². The zero-order chi connectivity index (χ0) is 24.2. The Hall–Kier alpha value is -1.55. The molecule has 0 aliphatic heterocycles. The second-order valence-electron chi connectivity index (χ2n) is 10.8. The molecule has 0 nitrogen and oxygen atoms in total. The summed E-state index contributed by atoms with van der Waals surface area (Å²) < 4.78 is 56.9. The van der Waals surface area contributed by atoms with Crippen LogP contribution in [0.5, 0.6) is 0 Å². The second kappa shape index (κ2) is 11.5. The van der Waals surface area contributed by atoms with Crippen LogP contribution in [-0.4, -0.2) is 0 Å². The molecule has 2 fully saturated rings. The van der Waals surface area contributed by atoms with E-state index in [4.69, 9.17) is 11.6 Å². The third-order valence-electron chi connectivity index (χ3n) is 8.31. The topological polar surface area (TPSA) is 0 Å². The Morgan fingerprint density at radius 3 is 1.71 bits per heavy atom. The van der Waals surface area contributed by atoms with E-state index in [1.54, 1.807) is 0 Å². The molecule has 0 unspecified atom stereocenters. The second-order valence-corrected chi connectivity index (χ2v) is 11.1. The van der Waals surface area contributed by atoms with Gasteiger partial charge in [-0.25, -0.2) is 17.6 Å². The maximum absolute atomic E-state index is 14.8. The Morgan fingerprint density at radius 1 is 0.676 bits per heavy atom. The number of hydrogen-bond donors (Lipinski definition) is 0. The Bertz CT molecular complexity index is 926. The van der Waals surface area contributed by atoms with E-state index >= 15 is 0 Å². The molecule has 0 bridgehead atoms. The molecule has 2 aliphatic carbocycles. The molecular formula is C29H35ClF4. The predicted octanol–water partition coefficient (Wildman–Crippen LogP) is 9.56. The number of halogens is 5. The van der Waals surface area contributed by atoms with Gasteiger partial charge in [0.05, 0.1) is 0 Å². The SMILES string of the molecule is C[C@H]1CC[C@H](CCC2CCC(c3cc(F)c(CCc4cc(F)c(Cl)c(F)c4)c(F)c3)CC2)CC1. The van der Waals surface area contributed by atoms with Crippen molar-refractivity contribution in [2.75, 3.05) is 0 Å². The summed E-state index contributed by atoms with van der Waals surface area (Å²) in [5.74, 6) is -0.146. The van der Waals surface area contributed by atoms with Gasteiger partial charge in [0.2, 0.25) is 0 Å². The van der Waals surface area contributed by atoms with Gasteiger partial charge in [-0.15, -0.1) is 0 Å². The normalized spacial score (nSPS) is 25.5. The van der Waals surface area contributed by atoms with Crippen molar-refractivity contribution in [3.63, 3.8) is 0 Å². The fourth-order valence-electron chi connectivity index (χ4n) is 5.99. The van der Waals surface area contributed by atoms with Gasteiger partial charge < -0.3 is 0 Å². The molecule has 5 heteroatoms. The summed E-state index contributed by atoms with van der Waals surface area (Å²) in [7, 11) is 0. The van der Waals surface area contributed by atoms with Crippen LogP contribution in [0.1, 0.15) is 93.7 Å². The van der Waals surface area contributed by atoms with Crippen LogP contribution in [0, 0.1) is 41.0 Å². The summed E-state index contributed by atoms with van der Waals surface area (Å²) in [6.45, 7) is 2.36. The van der Waals surface area contributed by atoms with E-state index in [1.807, 2.05) is 0 Å². The fraction of sp³-hybridized carbons (Fsp3) is 0.586. The summed E-state index contributed by atoms with van der Waals surface area (Å²) in [6, 6.07) is 5.16. The van der Waals surface area contributed by atoms with E-state index in [1.165, 1.54) is 50.7 Å². The summed E-state index contributed by atoms with van der Waals surface area (Å²) in [6.07, 6.45) is 12.5. The van der Waals surface area contributed by atoms with Gasteiger partial charge in [-0.05, 0) is 97.6 Å². The molecule has 0 amide bonds. The molecule has 4 rings (SSSR count). The van der Waals surface area contributed by atoms with E-state index in [-0.39, 0.29) is 24.3 Å². The molecular weight excluding hydrogens is 460 g/mol. The van der Waals surface area contributed by atoms with E-state index in [2.05, 4.69) is 6.92 Å². The van der Waals surface area contributed by atoms with Gasteiger partial charge in [-0.1, -0.05) is 57.0 Å². The summed E-state index contributed by atoms with van der Waals surface area (Å²) in [5, 5.41) is -0.566. The van der Waals surface area contributed by atoms with Crippen LogP contribution >= 0.6 is 11.6 Å². The molecule has 0 heterocycles. The number of rotatable bonds is 7. The van der Waals surface area contributed by atoms with E-state index in [0.717, 1.165) is 61.1 Å². The minimum Gasteiger partial charge on any atom is -0.207 e. The fourth-order valence-corrected chi connectivity index (χ4v) is 6.10. The Morgan fingerprint density at radius 2 is 1.18 bits per heavy atom. The van der Waals surface area contributed by atoms with Crippen LogP contribution in [0.4, 0.5) is 17.6 Å². The molecule has 0 radical (unpaired) electrons. The highest BCUT2D eigenvalue weighted by atomic mass is 35.5. The van der Waals surface area contributed by atoms with Crippen LogP contribution in [0.25, 0.3) is 0 Å². The Labute approximate surface area is 206 Å². The summed E-state index contributed by atoms with van der Waals surface area (Å²) >= 11 is 5.51. The standard InChI is InChI=1S/C29H35ClF4/c1-18-2-4-19(5-3-18)6-7-20-8-11-22(12-9-20)23-16-25(31)24(26(32)17-23)13-10-21-14-27(33)29(30)28(34)15-21/h14-20,22H,2-13H2,1H3/t18-,19-,20?,22?. The lowest BCUT2D eigenvalue weighted by molar-refractivity contribution is 0.237. The molecule has 2 aliphatic rings. The van der Waals surface area contributed by atoms with E-state index < -0.39 is 28.3 Å². The van der Waals surface area contributed by atoms with Crippen molar-refractivity contribution in [3.8, 4) is 0 Å². The van der Waals surface area contributed by atoms with Gasteiger partial charge in [0, 0.05) is 5.56 Å². The molecule has 34 heavy (non-hydrogen) atoms. The first-order valence-electron chi connectivity index (χ1n) is 12.9. The average molecular weight is 495 g/mol. The number of benzene rings is 2. The monoisotopic (exact) mass is 494 g/mol. The lowest BCUT2D eigenvalue weighted by Gasteiger charge is -2.31. The maximum Gasteiger partial charge on any atom is 0.145 e. The lowest BCUT2D eigenvalue weighted by Crippen LogP contribution is -2.17. The van der Waals surface area contributed by atoms with Crippen LogP contribution in [0.15, 0.2) is 24.3 Å². The van der Waals surface area contributed by atoms with Crippen molar-refractivity contribution < 1.29 is 17.6 Å². The van der Waals surface area contributed by atoms with Crippen molar-refractivity contribution in [2.24, 2.45) is 17.8 Å². The quantitative estimate of drug-likeness (QED) is 0.265. The molecule has 0 spiro atoms. The van der Waals surface area contributed by atoms with Gasteiger partial charge in [0.15, 0.2) is 0 Å². The zero-order valence-corrected chi connectivity index (χ0v) is 20.7. The highest BCUT2D eigenvalue weighted by Gasteiger charge is 2.26.